The lowest BCUT2D eigenvalue weighted by molar-refractivity contribution is -0.123. The van der Waals surface area contributed by atoms with Crippen LogP contribution in [0.4, 0.5) is 0 Å². The van der Waals surface area contributed by atoms with Crippen LogP contribution in [0, 0.1) is 11.3 Å². The largest absolute Gasteiger partial charge is 0.353 e. The van der Waals surface area contributed by atoms with E-state index in [0.29, 0.717) is 23.3 Å². The molecule has 80 valence electrons. The number of amides is 1. The Kier molecular flexibility index (Phi) is 2.54. The molecule has 0 saturated heterocycles. The third-order valence-electron chi connectivity index (χ3n) is 3.63. The van der Waals surface area contributed by atoms with Crippen LogP contribution in [0.15, 0.2) is 0 Å². The zero-order valence-corrected chi connectivity index (χ0v) is 9.31. The Bertz CT molecular complexity index is 220. The van der Waals surface area contributed by atoms with Gasteiger partial charge in [0.05, 0.1) is 0 Å². The van der Waals surface area contributed by atoms with Crippen molar-refractivity contribution in [3.63, 3.8) is 0 Å². The van der Waals surface area contributed by atoms with Gasteiger partial charge in [0.15, 0.2) is 0 Å². The zero-order valence-electron chi connectivity index (χ0n) is 9.31. The molecule has 0 spiro atoms. The Hall–Kier alpha value is -0.530. The molecule has 0 aromatic rings. The van der Waals surface area contributed by atoms with Gasteiger partial charge < -0.3 is 5.32 Å². The predicted octanol–water partition coefficient (Wildman–Crippen LogP) is 2.48. The van der Waals surface area contributed by atoms with E-state index in [1.165, 1.54) is 25.7 Å². The smallest absolute Gasteiger partial charge is 0.223 e. The third kappa shape index (κ3) is 2.49. The van der Waals surface area contributed by atoms with Crippen molar-refractivity contribution < 1.29 is 4.79 Å². The summed E-state index contributed by atoms with van der Waals surface area (Å²) in [5.41, 5.74) is 0.501. The minimum atomic E-state index is 0.315. The Morgan fingerprint density at radius 1 is 1.14 bits per heavy atom. The van der Waals surface area contributed by atoms with Crippen LogP contribution < -0.4 is 5.32 Å². The Morgan fingerprint density at radius 3 is 2.21 bits per heavy atom. The SMILES string of the molecule is CC1(C)CCC(NC(=O)C2CC2)CC1. The number of hydrogen-bond donors (Lipinski definition) is 1. The minimum absolute atomic E-state index is 0.315. The monoisotopic (exact) mass is 195 g/mol. The molecule has 0 aromatic heterocycles. The molecule has 2 heteroatoms. The van der Waals surface area contributed by atoms with Crippen molar-refractivity contribution in [3.05, 3.63) is 0 Å². The van der Waals surface area contributed by atoms with Gasteiger partial charge >= 0.3 is 0 Å². The van der Waals surface area contributed by atoms with Crippen LogP contribution in [0.5, 0.6) is 0 Å². The molecular weight excluding hydrogens is 174 g/mol. The molecule has 2 aliphatic rings. The molecule has 0 radical (unpaired) electrons. The van der Waals surface area contributed by atoms with Gasteiger partial charge in [-0.3, -0.25) is 4.79 Å². The lowest BCUT2D eigenvalue weighted by Crippen LogP contribution is -2.39. The molecule has 0 aromatic carbocycles. The van der Waals surface area contributed by atoms with E-state index in [1.807, 2.05) is 0 Å². The summed E-state index contributed by atoms with van der Waals surface area (Å²) in [6.45, 7) is 4.65. The number of carbonyl (C=O) groups excluding carboxylic acids is 1. The molecule has 2 saturated carbocycles. The second kappa shape index (κ2) is 3.56. The fraction of sp³-hybridized carbons (Fsp3) is 0.917. The van der Waals surface area contributed by atoms with Gasteiger partial charge in [0.1, 0.15) is 0 Å². The van der Waals surface area contributed by atoms with Crippen LogP contribution >= 0.6 is 0 Å². The van der Waals surface area contributed by atoms with Gasteiger partial charge in [-0.05, 0) is 43.9 Å². The standard InChI is InChI=1S/C12H21NO/c1-12(2)7-5-10(6-8-12)13-11(14)9-3-4-9/h9-10H,3-8H2,1-2H3,(H,13,14). The fourth-order valence-electron chi connectivity index (χ4n) is 2.21. The summed E-state index contributed by atoms with van der Waals surface area (Å²) in [5, 5.41) is 3.18. The van der Waals surface area contributed by atoms with Crippen molar-refractivity contribution in [1.29, 1.82) is 0 Å². The van der Waals surface area contributed by atoms with Crippen LogP contribution in [0.3, 0.4) is 0 Å². The maximum absolute atomic E-state index is 11.5. The molecule has 2 fully saturated rings. The van der Waals surface area contributed by atoms with Crippen LogP contribution in [0.25, 0.3) is 0 Å². The minimum Gasteiger partial charge on any atom is -0.353 e. The summed E-state index contributed by atoms with van der Waals surface area (Å²) >= 11 is 0. The van der Waals surface area contributed by atoms with E-state index in [2.05, 4.69) is 19.2 Å². The highest BCUT2D eigenvalue weighted by Gasteiger charge is 2.33. The van der Waals surface area contributed by atoms with Crippen LogP contribution in [0.2, 0.25) is 0 Å². The Balaban J connectivity index is 1.75. The molecule has 0 unspecified atom stereocenters. The van der Waals surface area contributed by atoms with Crippen LogP contribution in [0.1, 0.15) is 52.4 Å². The zero-order chi connectivity index (χ0) is 10.2. The quantitative estimate of drug-likeness (QED) is 0.720. The molecule has 2 aliphatic carbocycles. The predicted molar refractivity (Wildman–Crippen MR) is 56.9 cm³/mol. The lowest BCUT2D eigenvalue weighted by Gasteiger charge is -2.34. The maximum Gasteiger partial charge on any atom is 0.223 e. The second-order valence-corrected chi connectivity index (χ2v) is 5.72. The van der Waals surface area contributed by atoms with E-state index in [4.69, 9.17) is 0 Å². The summed E-state index contributed by atoms with van der Waals surface area (Å²) in [6, 6.07) is 0.469. The average molecular weight is 195 g/mol. The van der Waals surface area contributed by atoms with Gasteiger partial charge in [0.2, 0.25) is 5.91 Å². The molecule has 0 bridgehead atoms. The summed E-state index contributed by atoms with van der Waals surface area (Å²) in [5.74, 6) is 0.680. The second-order valence-electron chi connectivity index (χ2n) is 5.72. The Labute approximate surface area is 86.5 Å². The first kappa shape index (κ1) is 10.0. The molecule has 0 heterocycles. The topological polar surface area (TPSA) is 29.1 Å². The highest BCUT2D eigenvalue weighted by Crippen LogP contribution is 2.36. The normalized spacial score (nSPS) is 27.3. The van der Waals surface area contributed by atoms with Gasteiger partial charge in [0.25, 0.3) is 0 Å². The van der Waals surface area contributed by atoms with Crippen molar-refractivity contribution in [1.82, 2.24) is 5.32 Å². The number of nitrogens with one attached hydrogen (secondary N) is 1. The highest BCUT2D eigenvalue weighted by molar-refractivity contribution is 5.81. The summed E-state index contributed by atoms with van der Waals surface area (Å²) in [4.78, 5) is 11.5. The van der Waals surface area contributed by atoms with Crippen LogP contribution in [-0.4, -0.2) is 11.9 Å². The molecule has 1 N–H and O–H groups in total. The number of hydrogen-bond acceptors (Lipinski definition) is 1. The Morgan fingerprint density at radius 2 is 1.71 bits per heavy atom. The summed E-state index contributed by atoms with van der Waals surface area (Å²) < 4.78 is 0. The molecule has 2 nitrogen and oxygen atoms in total. The van der Waals surface area contributed by atoms with E-state index in [0.717, 1.165) is 12.8 Å². The van der Waals surface area contributed by atoms with Gasteiger partial charge in [-0.2, -0.15) is 0 Å². The van der Waals surface area contributed by atoms with E-state index < -0.39 is 0 Å². The first-order valence-electron chi connectivity index (χ1n) is 5.87. The summed E-state index contributed by atoms with van der Waals surface area (Å²) in [7, 11) is 0. The number of rotatable bonds is 2. The van der Waals surface area contributed by atoms with Crippen molar-refractivity contribution in [3.8, 4) is 0 Å². The lowest BCUT2D eigenvalue weighted by atomic mass is 9.75. The summed E-state index contributed by atoms with van der Waals surface area (Å²) in [6.07, 6.45) is 7.08. The first-order valence-corrected chi connectivity index (χ1v) is 5.87. The average Bonchev–Trinajstić information content (AvgIpc) is 2.91. The van der Waals surface area contributed by atoms with Crippen molar-refractivity contribution >= 4 is 5.91 Å². The molecular formula is C12H21NO. The molecule has 0 aliphatic heterocycles. The molecule has 14 heavy (non-hydrogen) atoms. The van der Waals surface area contributed by atoms with E-state index >= 15 is 0 Å². The van der Waals surface area contributed by atoms with E-state index in [1.54, 1.807) is 0 Å². The molecule has 1 amide bonds. The first-order chi connectivity index (χ1) is 6.57. The third-order valence-corrected chi connectivity index (χ3v) is 3.63. The van der Waals surface area contributed by atoms with Crippen molar-refractivity contribution in [2.45, 2.75) is 58.4 Å². The van der Waals surface area contributed by atoms with E-state index in [9.17, 15) is 4.79 Å². The van der Waals surface area contributed by atoms with Gasteiger partial charge in [-0.1, -0.05) is 13.8 Å². The van der Waals surface area contributed by atoms with Crippen molar-refractivity contribution in [2.75, 3.05) is 0 Å². The van der Waals surface area contributed by atoms with Crippen molar-refractivity contribution in [2.24, 2.45) is 11.3 Å². The fourth-order valence-corrected chi connectivity index (χ4v) is 2.21. The highest BCUT2D eigenvalue weighted by atomic mass is 16.2. The number of carbonyl (C=O) groups is 1. The maximum atomic E-state index is 11.5. The van der Waals surface area contributed by atoms with E-state index in [-0.39, 0.29) is 0 Å². The van der Waals surface area contributed by atoms with Gasteiger partial charge in [-0.25, -0.2) is 0 Å². The van der Waals surface area contributed by atoms with Gasteiger partial charge in [0, 0.05) is 12.0 Å². The molecule has 2 rings (SSSR count). The van der Waals surface area contributed by atoms with Crippen LogP contribution in [-0.2, 0) is 4.79 Å². The molecule has 0 atom stereocenters. The van der Waals surface area contributed by atoms with Gasteiger partial charge in [-0.15, -0.1) is 0 Å².